The SMILES string of the molecule is CC(C)OC(=O)c1ccc(OC(C)C)cc1. The van der Waals surface area contributed by atoms with Crippen LogP contribution in [0.15, 0.2) is 24.3 Å². The first-order chi connectivity index (χ1) is 7.49. The van der Waals surface area contributed by atoms with Crippen molar-refractivity contribution in [2.45, 2.75) is 39.9 Å². The summed E-state index contributed by atoms with van der Waals surface area (Å²) >= 11 is 0. The molecule has 0 heterocycles. The maximum atomic E-state index is 11.5. The van der Waals surface area contributed by atoms with Crippen molar-refractivity contribution in [3.63, 3.8) is 0 Å². The van der Waals surface area contributed by atoms with E-state index >= 15 is 0 Å². The average molecular weight is 222 g/mol. The Morgan fingerprint density at radius 2 is 1.56 bits per heavy atom. The summed E-state index contributed by atoms with van der Waals surface area (Å²) in [5.74, 6) is 0.460. The van der Waals surface area contributed by atoms with E-state index in [4.69, 9.17) is 9.47 Å². The van der Waals surface area contributed by atoms with Crippen molar-refractivity contribution < 1.29 is 14.3 Å². The lowest BCUT2D eigenvalue weighted by molar-refractivity contribution is 0.0378. The Labute approximate surface area is 96.4 Å². The van der Waals surface area contributed by atoms with E-state index in [9.17, 15) is 4.79 Å². The summed E-state index contributed by atoms with van der Waals surface area (Å²) in [6.45, 7) is 7.57. The molecule has 0 aliphatic heterocycles. The number of carbonyl (C=O) groups is 1. The number of benzene rings is 1. The van der Waals surface area contributed by atoms with Gasteiger partial charge in [0, 0.05) is 0 Å². The highest BCUT2D eigenvalue weighted by Crippen LogP contribution is 2.14. The van der Waals surface area contributed by atoms with Gasteiger partial charge in [-0.3, -0.25) is 0 Å². The summed E-state index contributed by atoms with van der Waals surface area (Å²) in [5.41, 5.74) is 0.546. The predicted octanol–water partition coefficient (Wildman–Crippen LogP) is 3.04. The Bertz CT molecular complexity index is 339. The monoisotopic (exact) mass is 222 g/mol. The van der Waals surface area contributed by atoms with Crippen LogP contribution in [-0.4, -0.2) is 18.2 Å². The van der Waals surface area contributed by atoms with Crippen LogP contribution in [0, 0.1) is 0 Å². The minimum absolute atomic E-state index is 0.0981. The van der Waals surface area contributed by atoms with Gasteiger partial charge < -0.3 is 9.47 Å². The molecule has 0 fully saturated rings. The first kappa shape index (κ1) is 12.6. The van der Waals surface area contributed by atoms with Gasteiger partial charge in [-0.05, 0) is 52.0 Å². The van der Waals surface area contributed by atoms with Crippen molar-refractivity contribution in [2.24, 2.45) is 0 Å². The van der Waals surface area contributed by atoms with Crippen molar-refractivity contribution in [1.29, 1.82) is 0 Å². The number of carbonyl (C=O) groups excluding carboxylic acids is 1. The van der Waals surface area contributed by atoms with Crippen LogP contribution in [0.3, 0.4) is 0 Å². The Hall–Kier alpha value is -1.51. The Kier molecular flexibility index (Phi) is 4.35. The fourth-order valence-corrected chi connectivity index (χ4v) is 1.22. The molecule has 3 nitrogen and oxygen atoms in total. The van der Waals surface area contributed by atoms with Crippen LogP contribution in [-0.2, 0) is 4.74 Å². The highest BCUT2D eigenvalue weighted by atomic mass is 16.5. The molecule has 0 amide bonds. The van der Waals surface area contributed by atoms with E-state index in [0.29, 0.717) is 5.56 Å². The van der Waals surface area contributed by atoms with E-state index < -0.39 is 0 Å². The van der Waals surface area contributed by atoms with Gasteiger partial charge in [0.05, 0.1) is 17.8 Å². The summed E-state index contributed by atoms with van der Waals surface area (Å²) in [4.78, 5) is 11.5. The molecule has 0 radical (unpaired) electrons. The molecule has 0 bridgehead atoms. The van der Waals surface area contributed by atoms with E-state index in [1.165, 1.54) is 0 Å². The van der Waals surface area contributed by atoms with Crippen LogP contribution in [0.1, 0.15) is 38.1 Å². The summed E-state index contributed by atoms with van der Waals surface area (Å²) in [5, 5.41) is 0. The Balaban J connectivity index is 2.67. The van der Waals surface area contributed by atoms with Crippen molar-refractivity contribution in [2.75, 3.05) is 0 Å². The molecule has 0 N–H and O–H groups in total. The second-order valence-corrected chi connectivity index (χ2v) is 4.15. The number of hydrogen-bond acceptors (Lipinski definition) is 3. The molecule has 0 saturated heterocycles. The molecule has 0 unspecified atom stereocenters. The molecular formula is C13H18O3. The fraction of sp³-hybridized carbons (Fsp3) is 0.462. The Morgan fingerprint density at radius 1 is 1.00 bits per heavy atom. The van der Waals surface area contributed by atoms with Gasteiger partial charge in [0.1, 0.15) is 5.75 Å². The highest BCUT2D eigenvalue weighted by molar-refractivity contribution is 5.89. The second kappa shape index (κ2) is 5.54. The molecule has 16 heavy (non-hydrogen) atoms. The standard InChI is InChI=1S/C13H18O3/c1-9(2)15-12-7-5-11(6-8-12)13(14)16-10(3)4/h5-10H,1-4H3. The molecule has 0 aliphatic carbocycles. The zero-order valence-corrected chi connectivity index (χ0v) is 10.2. The van der Waals surface area contributed by atoms with Crippen LogP contribution < -0.4 is 4.74 Å². The van der Waals surface area contributed by atoms with Crippen LogP contribution in [0.4, 0.5) is 0 Å². The molecule has 1 aromatic carbocycles. The largest absolute Gasteiger partial charge is 0.491 e. The van der Waals surface area contributed by atoms with Gasteiger partial charge in [0.25, 0.3) is 0 Å². The Morgan fingerprint density at radius 3 is 2.00 bits per heavy atom. The summed E-state index contributed by atoms with van der Waals surface area (Å²) < 4.78 is 10.6. The topological polar surface area (TPSA) is 35.5 Å². The van der Waals surface area contributed by atoms with Crippen LogP contribution in [0.25, 0.3) is 0 Å². The minimum atomic E-state index is -0.300. The number of esters is 1. The summed E-state index contributed by atoms with van der Waals surface area (Å²) in [7, 11) is 0. The van der Waals surface area contributed by atoms with E-state index in [1.54, 1.807) is 24.3 Å². The summed E-state index contributed by atoms with van der Waals surface area (Å²) in [6, 6.07) is 6.97. The maximum absolute atomic E-state index is 11.5. The maximum Gasteiger partial charge on any atom is 0.338 e. The third-order valence-corrected chi connectivity index (χ3v) is 1.80. The number of ether oxygens (including phenoxy) is 2. The van der Waals surface area contributed by atoms with Gasteiger partial charge in [-0.25, -0.2) is 4.79 Å². The zero-order valence-electron chi connectivity index (χ0n) is 10.2. The molecule has 1 rings (SSSR count). The van der Waals surface area contributed by atoms with Crippen LogP contribution in [0.5, 0.6) is 5.75 Å². The van der Waals surface area contributed by atoms with Crippen molar-refractivity contribution >= 4 is 5.97 Å². The highest BCUT2D eigenvalue weighted by Gasteiger charge is 2.08. The first-order valence-electron chi connectivity index (χ1n) is 5.46. The fourth-order valence-electron chi connectivity index (χ4n) is 1.22. The summed E-state index contributed by atoms with van der Waals surface area (Å²) in [6.07, 6.45) is 0.0348. The molecule has 0 spiro atoms. The predicted molar refractivity (Wildman–Crippen MR) is 62.8 cm³/mol. The molecule has 0 saturated carbocycles. The van der Waals surface area contributed by atoms with E-state index in [2.05, 4.69) is 0 Å². The van der Waals surface area contributed by atoms with Gasteiger partial charge in [0.15, 0.2) is 0 Å². The number of hydrogen-bond donors (Lipinski definition) is 0. The van der Waals surface area contributed by atoms with Gasteiger partial charge >= 0.3 is 5.97 Å². The van der Waals surface area contributed by atoms with Crippen molar-refractivity contribution in [1.82, 2.24) is 0 Å². The first-order valence-corrected chi connectivity index (χ1v) is 5.46. The average Bonchev–Trinajstić information content (AvgIpc) is 2.16. The minimum Gasteiger partial charge on any atom is -0.491 e. The van der Waals surface area contributed by atoms with E-state index in [-0.39, 0.29) is 18.2 Å². The van der Waals surface area contributed by atoms with Crippen molar-refractivity contribution in [3.05, 3.63) is 29.8 Å². The lowest BCUT2D eigenvalue weighted by Crippen LogP contribution is -2.11. The second-order valence-electron chi connectivity index (χ2n) is 4.15. The van der Waals surface area contributed by atoms with Crippen LogP contribution >= 0.6 is 0 Å². The van der Waals surface area contributed by atoms with Gasteiger partial charge in [-0.15, -0.1) is 0 Å². The molecule has 0 atom stereocenters. The third-order valence-electron chi connectivity index (χ3n) is 1.80. The molecule has 0 aromatic heterocycles. The molecular weight excluding hydrogens is 204 g/mol. The van der Waals surface area contributed by atoms with Crippen molar-refractivity contribution in [3.8, 4) is 5.75 Å². The lowest BCUT2D eigenvalue weighted by atomic mass is 10.2. The number of rotatable bonds is 4. The van der Waals surface area contributed by atoms with Gasteiger partial charge in [0.2, 0.25) is 0 Å². The lowest BCUT2D eigenvalue weighted by Gasteiger charge is -2.10. The quantitative estimate of drug-likeness (QED) is 0.734. The zero-order chi connectivity index (χ0) is 12.1. The molecule has 3 heteroatoms. The smallest absolute Gasteiger partial charge is 0.338 e. The van der Waals surface area contributed by atoms with E-state index in [1.807, 2.05) is 27.7 Å². The van der Waals surface area contributed by atoms with Gasteiger partial charge in [-0.2, -0.15) is 0 Å². The molecule has 88 valence electrons. The normalized spacial score (nSPS) is 10.6. The molecule has 1 aromatic rings. The molecule has 0 aliphatic rings. The van der Waals surface area contributed by atoms with Crippen LogP contribution in [0.2, 0.25) is 0 Å². The van der Waals surface area contributed by atoms with E-state index in [0.717, 1.165) is 5.75 Å². The third kappa shape index (κ3) is 3.93. The van der Waals surface area contributed by atoms with Gasteiger partial charge in [-0.1, -0.05) is 0 Å².